The Morgan fingerprint density at radius 3 is 2.30 bits per heavy atom. The van der Waals surface area contributed by atoms with E-state index < -0.39 is 0 Å². The van der Waals surface area contributed by atoms with Crippen LogP contribution in [0.25, 0.3) is 0 Å². The van der Waals surface area contributed by atoms with Gasteiger partial charge in [0.1, 0.15) is 0 Å². The number of benzene rings is 1. The predicted molar refractivity (Wildman–Crippen MR) is 109 cm³/mol. The molecule has 0 radical (unpaired) electrons. The van der Waals surface area contributed by atoms with E-state index in [1.165, 1.54) is 0 Å². The van der Waals surface area contributed by atoms with E-state index in [0.29, 0.717) is 24.2 Å². The highest BCUT2D eigenvalue weighted by Crippen LogP contribution is 2.26. The molecule has 0 atom stereocenters. The maximum Gasteiger partial charge on any atom is 0.321 e. The van der Waals surface area contributed by atoms with Crippen LogP contribution in [0.3, 0.4) is 0 Å². The number of likely N-dealkylation sites (N-methyl/N-ethyl adjacent to an activating group) is 1. The SMILES string of the molecule is CCC(C)(C)CC(=O)c1ccc(NC(=O)N(C)CCc2ccncc2)cc1. The number of nitrogens with zero attached hydrogens (tertiary/aromatic N) is 2. The maximum atomic E-state index is 12.4. The third kappa shape index (κ3) is 6.51. The van der Waals surface area contributed by atoms with Gasteiger partial charge in [0.2, 0.25) is 0 Å². The molecular weight excluding hydrogens is 338 g/mol. The Kier molecular flexibility index (Phi) is 7.11. The fourth-order valence-corrected chi connectivity index (χ4v) is 2.57. The molecule has 0 aliphatic rings. The standard InChI is InChI=1S/C22H29N3O2/c1-5-22(2,3)16-20(26)18-6-8-19(9-7-18)24-21(27)25(4)15-12-17-10-13-23-14-11-17/h6-11,13-14H,5,12,15-16H2,1-4H3,(H,24,27). The average Bonchev–Trinajstić information content (AvgIpc) is 2.67. The van der Waals surface area contributed by atoms with Gasteiger partial charge in [-0.2, -0.15) is 0 Å². The topological polar surface area (TPSA) is 62.3 Å². The Labute approximate surface area is 161 Å². The lowest BCUT2D eigenvalue weighted by Gasteiger charge is -2.21. The first-order chi connectivity index (χ1) is 12.8. The van der Waals surface area contributed by atoms with Crippen molar-refractivity contribution >= 4 is 17.5 Å². The number of pyridine rings is 1. The van der Waals surface area contributed by atoms with Crippen molar-refractivity contribution in [2.75, 3.05) is 18.9 Å². The van der Waals surface area contributed by atoms with E-state index in [2.05, 4.69) is 31.1 Å². The van der Waals surface area contributed by atoms with Gasteiger partial charge in [-0.1, -0.05) is 27.2 Å². The highest BCUT2D eigenvalue weighted by Gasteiger charge is 2.20. The molecule has 0 aliphatic carbocycles. The van der Waals surface area contributed by atoms with Crippen LogP contribution in [-0.2, 0) is 6.42 Å². The number of hydrogen-bond acceptors (Lipinski definition) is 3. The van der Waals surface area contributed by atoms with Crippen LogP contribution in [0.4, 0.5) is 10.5 Å². The highest BCUT2D eigenvalue weighted by molar-refractivity contribution is 5.97. The molecule has 5 nitrogen and oxygen atoms in total. The summed E-state index contributed by atoms with van der Waals surface area (Å²) < 4.78 is 0. The number of carbonyl (C=O) groups excluding carboxylic acids is 2. The van der Waals surface area contributed by atoms with E-state index in [1.807, 2.05) is 12.1 Å². The van der Waals surface area contributed by atoms with Crippen molar-refractivity contribution < 1.29 is 9.59 Å². The Morgan fingerprint density at radius 2 is 1.70 bits per heavy atom. The molecule has 27 heavy (non-hydrogen) atoms. The Morgan fingerprint density at radius 1 is 1.07 bits per heavy atom. The first-order valence-electron chi connectivity index (χ1n) is 9.35. The van der Waals surface area contributed by atoms with Crippen molar-refractivity contribution in [3.63, 3.8) is 0 Å². The summed E-state index contributed by atoms with van der Waals surface area (Å²) in [5.74, 6) is 0.134. The van der Waals surface area contributed by atoms with E-state index in [1.54, 1.807) is 48.6 Å². The van der Waals surface area contributed by atoms with Gasteiger partial charge < -0.3 is 10.2 Å². The molecule has 0 saturated carbocycles. The van der Waals surface area contributed by atoms with Crippen LogP contribution in [-0.4, -0.2) is 35.3 Å². The molecule has 0 bridgehead atoms. The molecule has 1 heterocycles. The summed E-state index contributed by atoms with van der Waals surface area (Å²) in [5.41, 5.74) is 2.51. The number of anilines is 1. The molecule has 1 aromatic heterocycles. The van der Waals surface area contributed by atoms with Gasteiger partial charge in [0.25, 0.3) is 0 Å². The van der Waals surface area contributed by atoms with Crippen LogP contribution >= 0.6 is 0 Å². The van der Waals surface area contributed by atoms with Crippen LogP contribution < -0.4 is 5.32 Å². The zero-order valence-electron chi connectivity index (χ0n) is 16.7. The average molecular weight is 367 g/mol. The largest absolute Gasteiger partial charge is 0.327 e. The summed E-state index contributed by atoms with van der Waals surface area (Å²) in [6, 6.07) is 10.8. The minimum atomic E-state index is -0.171. The zero-order valence-corrected chi connectivity index (χ0v) is 16.7. The van der Waals surface area contributed by atoms with Crippen LogP contribution in [0.2, 0.25) is 0 Å². The van der Waals surface area contributed by atoms with E-state index in [-0.39, 0.29) is 17.2 Å². The van der Waals surface area contributed by atoms with Crippen molar-refractivity contribution in [1.29, 1.82) is 0 Å². The molecule has 0 fully saturated rings. The molecule has 0 aliphatic heterocycles. The number of carbonyl (C=O) groups is 2. The number of aromatic nitrogens is 1. The van der Waals surface area contributed by atoms with Crippen molar-refractivity contribution in [3.8, 4) is 0 Å². The third-order valence-corrected chi connectivity index (χ3v) is 4.89. The third-order valence-electron chi connectivity index (χ3n) is 4.89. The number of hydrogen-bond donors (Lipinski definition) is 1. The summed E-state index contributed by atoms with van der Waals surface area (Å²) in [6.45, 7) is 6.90. The van der Waals surface area contributed by atoms with Crippen molar-refractivity contribution in [2.24, 2.45) is 5.41 Å². The second-order valence-electron chi connectivity index (χ2n) is 7.65. The van der Waals surface area contributed by atoms with E-state index >= 15 is 0 Å². The first-order valence-corrected chi connectivity index (χ1v) is 9.35. The molecule has 144 valence electrons. The lowest BCUT2D eigenvalue weighted by atomic mass is 9.83. The molecule has 0 spiro atoms. The van der Waals surface area contributed by atoms with E-state index in [0.717, 1.165) is 18.4 Å². The monoisotopic (exact) mass is 367 g/mol. The fourth-order valence-electron chi connectivity index (χ4n) is 2.57. The highest BCUT2D eigenvalue weighted by atomic mass is 16.2. The van der Waals surface area contributed by atoms with Gasteiger partial charge in [-0.15, -0.1) is 0 Å². The van der Waals surface area contributed by atoms with Gasteiger partial charge in [0.05, 0.1) is 0 Å². The lowest BCUT2D eigenvalue weighted by Crippen LogP contribution is -2.33. The van der Waals surface area contributed by atoms with E-state index in [4.69, 9.17) is 0 Å². The van der Waals surface area contributed by atoms with Crippen molar-refractivity contribution in [3.05, 3.63) is 59.9 Å². The van der Waals surface area contributed by atoms with Crippen molar-refractivity contribution in [1.82, 2.24) is 9.88 Å². The quantitative estimate of drug-likeness (QED) is 0.682. The summed E-state index contributed by atoms with van der Waals surface area (Å²) in [5, 5.41) is 2.87. The van der Waals surface area contributed by atoms with Crippen LogP contribution in [0.1, 0.15) is 49.5 Å². The molecule has 0 unspecified atom stereocenters. The molecule has 0 saturated heterocycles. The summed E-state index contributed by atoms with van der Waals surface area (Å²) >= 11 is 0. The van der Waals surface area contributed by atoms with Gasteiger partial charge >= 0.3 is 6.03 Å². The second-order valence-corrected chi connectivity index (χ2v) is 7.65. The number of ketones is 1. The number of rotatable bonds is 8. The fraction of sp³-hybridized carbons (Fsp3) is 0.409. The van der Waals surface area contributed by atoms with E-state index in [9.17, 15) is 9.59 Å². The van der Waals surface area contributed by atoms with Crippen LogP contribution in [0, 0.1) is 5.41 Å². The molecule has 5 heteroatoms. The Hall–Kier alpha value is -2.69. The zero-order chi connectivity index (χ0) is 19.9. The van der Waals surface area contributed by atoms with Gasteiger partial charge in [-0.3, -0.25) is 9.78 Å². The molecular formula is C22H29N3O2. The Bertz CT molecular complexity index is 755. The molecule has 1 aromatic carbocycles. The number of amides is 2. The van der Waals surface area contributed by atoms with Crippen molar-refractivity contribution in [2.45, 2.75) is 40.0 Å². The van der Waals surface area contributed by atoms with Gasteiger partial charge in [0, 0.05) is 43.7 Å². The van der Waals surface area contributed by atoms with Gasteiger partial charge in [-0.05, 0) is 53.8 Å². The molecule has 2 amide bonds. The predicted octanol–water partition coefficient (Wildman–Crippen LogP) is 4.80. The smallest absolute Gasteiger partial charge is 0.321 e. The Balaban J connectivity index is 1.87. The minimum Gasteiger partial charge on any atom is -0.327 e. The number of Topliss-reactive ketones (excluding diaryl/α,β-unsaturated/α-hetero) is 1. The summed E-state index contributed by atoms with van der Waals surface area (Å²) in [6.07, 6.45) is 5.75. The maximum absolute atomic E-state index is 12.4. The van der Waals surface area contributed by atoms with Gasteiger partial charge in [-0.25, -0.2) is 4.79 Å². The normalized spacial score (nSPS) is 11.1. The molecule has 1 N–H and O–H groups in total. The van der Waals surface area contributed by atoms with Crippen LogP contribution in [0.5, 0.6) is 0 Å². The van der Waals surface area contributed by atoms with Gasteiger partial charge in [0.15, 0.2) is 5.78 Å². The number of urea groups is 1. The number of nitrogens with one attached hydrogen (secondary N) is 1. The second kappa shape index (κ2) is 9.31. The summed E-state index contributed by atoms with van der Waals surface area (Å²) in [7, 11) is 1.77. The first kappa shape index (κ1) is 20.6. The molecule has 2 aromatic rings. The summed E-state index contributed by atoms with van der Waals surface area (Å²) in [4.78, 5) is 30.3. The molecule has 2 rings (SSSR count). The van der Waals surface area contributed by atoms with Crippen LogP contribution in [0.15, 0.2) is 48.8 Å². The minimum absolute atomic E-state index is 0.00149. The lowest BCUT2D eigenvalue weighted by molar-refractivity contribution is 0.0928.